The van der Waals surface area contributed by atoms with Crippen molar-refractivity contribution in [2.24, 2.45) is 0 Å². The molecule has 0 bridgehead atoms. The van der Waals surface area contributed by atoms with E-state index in [-0.39, 0.29) is 0 Å². The van der Waals surface area contributed by atoms with E-state index >= 15 is 0 Å². The summed E-state index contributed by atoms with van der Waals surface area (Å²) in [6.45, 7) is 4.88. The van der Waals surface area contributed by atoms with Crippen LogP contribution in [0.4, 0.5) is 0 Å². The summed E-state index contributed by atoms with van der Waals surface area (Å²) in [4.78, 5) is 0. The van der Waals surface area contributed by atoms with E-state index in [1.54, 1.807) is 0 Å². The fraction of sp³-hybridized carbons (Fsp3) is 0.571. The third kappa shape index (κ3) is 6.12. The van der Waals surface area contributed by atoms with Gasteiger partial charge in [0.1, 0.15) is 5.75 Å². The average molecular weight is 332 g/mol. The van der Waals surface area contributed by atoms with Crippen LogP contribution in [-0.4, -0.2) is 25.2 Å². The molecule has 0 saturated carbocycles. The standard InChI is InChI=1S/C14H22BrNOS/c1-3-7-16-11-12-10-13(15)5-6-14(12)17-8-4-9-18-2/h5-6,10,16H,3-4,7-9,11H2,1-2H3. The van der Waals surface area contributed by atoms with Crippen molar-refractivity contribution < 1.29 is 4.74 Å². The molecule has 18 heavy (non-hydrogen) atoms. The molecule has 2 nitrogen and oxygen atoms in total. The Hall–Kier alpha value is -0.190. The average Bonchev–Trinajstić information content (AvgIpc) is 2.37. The van der Waals surface area contributed by atoms with Crippen LogP contribution in [0.5, 0.6) is 5.75 Å². The topological polar surface area (TPSA) is 21.3 Å². The Balaban J connectivity index is 2.52. The second-order valence-corrected chi connectivity index (χ2v) is 6.02. The van der Waals surface area contributed by atoms with E-state index < -0.39 is 0 Å². The van der Waals surface area contributed by atoms with Crippen molar-refractivity contribution >= 4 is 27.7 Å². The molecule has 102 valence electrons. The van der Waals surface area contributed by atoms with Crippen LogP contribution in [0, 0.1) is 0 Å². The van der Waals surface area contributed by atoms with Gasteiger partial charge in [-0.2, -0.15) is 11.8 Å². The van der Waals surface area contributed by atoms with Gasteiger partial charge in [-0.25, -0.2) is 0 Å². The van der Waals surface area contributed by atoms with Crippen molar-refractivity contribution in [3.8, 4) is 5.75 Å². The number of thioether (sulfide) groups is 1. The van der Waals surface area contributed by atoms with Gasteiger partial charge in [0.15, 0.2) is 0 Å². The molecule has 0 aliphatic heterocycles. The van der Waals surface area contributed by atoms with Crippen LogP contribution in [-0.2, 0) is 6.54 Å². The first kappa shape index (κ1) is 15.9. The smallest absolute Gasteiger partial charge is 0.123 e. The summed E-state index contributed by atoms with van der Waals surface area (Å²) in [7, 11) is 0. The van der Waals surface area contributed by atoms with Crippen LogP contribution in [0.1, 0.15) is 25.3 Å². The Bertz CT molecular complexity index is 347. The first-order chi connectivity index (χ1) is 8.77. The third-order valence-electron chi connectivity index (χ3n) is 2.52. The summed E-state index contributed by atoms with van der Waals surface area (Å²) in [5, 5.41) is 3.42. The molecule has 0 heterocycles. The molecular formula is C14H22BrNOS. The molecule has 1 aromatic carbocycles. The lowest BCUT2D eigenvalue weighted by atomic mass is 10.2. The Kier molecular flexibility index (Phi) is 8.55. The molecule has 0 unspecified atom stereocenters. The quantitative estimate of drug-likeness (QED) is 0.689. The van der Waals surface area contributed by atoms with E-state index in [0.717, 1.165) is 48.5 Å². The number of benzene rings is 1. The lowest BCUT2D eigenvalue weighted by molar-refractivity contribution is 0.314. The second-order valence-electron chi connectivity index (χ2n) is 4.12. The summed E-state index contributed by atoms with van der Waals surface area (Å²) in [5.41, 5.74) is 1.22. The SMILES string of the molecule is CCCNCc1cc(Br)ccc1OCCCSC. The second kappa shape index (κ2) is 9.70. The number of ether oxygens (including phenoxy) is 1. The minimum absolute atomic E-state index is 0.795. The molecule has 0 fully saturated rings. The van der Waals surface area contributed by atoms with Crippen LogP contribution in [0.3, 0.4) is 0 Å². The fourth-order valence-corrected chi connectivity index (χ4v) is 2.43. The molecule has 0 aromatic heterocycles. The molecule has 0 aliphatic rings. The third-order valence-corrected chi connectivity index (χ3v) is 3.71. The number of nitrogens with one attached hydrogen (secondary N) is 1. The Labute approximate surface area is 123 Å². The van der Waals surface area contributed by atoms with Gasteiger partial charge in [0.05, 0.1) is 6.61 Å². The molecule has 1 aromatic rings. The highest BCUT2D eigenvalue weighted by molar-refractivity contribution is 9.10. The summed E-state index contributed by atoms with van der Waals surface area (Å²) < 4.78 is 6.95. The normalized spacial score (nSPS) is 10.6. The fourth-order valence-electron chi connectivity index (χ4n) is 1.61. The minimum atomic E-state index is 0.795. The molecule has 0 aliphatic carbocycles. The van der Waals surface area contributed by atoms with Gasteiger partial charge in [-0.15, -0.1) is 0 Å². The van der Waals surface area contributed by atoms with E-state index in [1.807, 2.05) is 23.9 Å². The van der Waals surface area contributed by atoms with Crippen LogP contribution >= 0.6 is 27.7 Å². The summed E-state index contributed by atoms with van der Waals surface area (Å²) in [5.74, 6) is 2.16. The van der Waals surface area contributed by atoms with Crippen LogP contribution in [0.15, 0.2) is 22.7 Å². The molecule has 0 saturated heterocycles. The molecule has 1 N–H and O–H groups in total. The predicted molar refractivity (Wildman–Crippen MR) is 84.6 cm³/mol. The zero-order valence-electron chi connectivity index (χ0n) is 11.2. The summed E-state index contributed by atoms with van der Waals surface area (Å²) in [6.07, 6.45) is 4.37. The van der Waals surface area contributed by atoms with E-state index in [0.29, 0.717) is 0 Å². The first-order valence-electron chi connectivity index (χ1n) is 6.38. The Morgan fingerprint density at radius 3 is 2.94 bits per heavy atom. The summed E-state index contributed by atoms with van der Waals surface area (Å²) in [6, 6.07) is 6.21. The minimum Gasteiger partial charge on any atom is -0.493 e. The lowest BCUT2D eigenvalue weighted by Gasteiger charge is -2.12. The van der Waals surface area contributed by atoms with E-state index in [2.05, 4.69) is 40.5 Å². The maximum atomic E-state index is 5.85. The molecule has 4 heteroatoms. The lowest BCUT2D eigenvalue weighted by Crippen LogP contribution is -2.15. The Morgan fingerprint density at radius 1 is 1.39 bits per heavy atom. The van der Waals surface area contributed by atoms with Crippen molar-refractivity contribution in [1.29, 1.82) is 0 Å². The van der Waals surface area contributed by atoms with Gasteiger partial charge in [0, 0.05) is 16.6 Å². The van der Waals surface area contributed by atoms with E-state index in [9.17, 15) is 0 Å². The molecule has 1 rings (SSSR count). The summed E-state index contributed by atoms with van der Waals surface area (Å²) >= 11 is 5.37. The monoisotopic (exact) mass is 331 g/mol. The van der Waals surface area contributed by atoms with Crippen LogP contribution in [0.25, 0.3) is 0 Å². The maximum absolute atomic E-state index is 5.85. The molecular weight excluding hydrogens is 310 g/mol. The van der Waals surface area contributed by atoms with Crippen molar-refractivity contribution in [3.63, 3.8) is 0 Å². The maximum Gasteiger partial charge on any atom is 0.123 e. The zero-order valence-corrected chi connectivity index (χ0v) is 13.6. The van der Waals surface area contributed by atoms with Crippen molar-refractivity contribution in [2.75, 3.05) is 25.2 Å². The number of rotatable bonds is 9. The first-order valence-corrected chi connectivity index (χ1v) is 8.57. The molecule has 0 spiro atoms. The molecule has 0 amide bonds. The van der Waals surface area contributed by atoms with Crippen molar-refractivity contribution in [3.05, 3.63) is 28.2 Å². The van der Waals surface area contributed by atoms with Gasteiger partial charge in [-0.05, 0) is 49.6 Å². The number of halogens is 1. The van der Waals surface area contributed by atoms with Gasteiger partial charge >= 0.3 is 0 Å². The number of hydrogen-bond donors (Lipinski definition) is 1. The van der Waals surface area contributed by atoms with Gasteiger partial charge in [0.25, 0.3) is 0 Å². The van der Waals surface area contributed by atoms with Gasteiger partial charge < -0.3 is 10.1 Å². The van der Waals surface area contributed by atoms with Gasteiger partial charge in [0.2, 0.25) is 0 Å². The van der Waals surface area contributed by atoms with E-state index in [1.165, 1.54) is 5.56 Å². The zero-order chi connectivity index (χ0) is 13.2. The highest BCUT2D eigenvalue weighted by atomic mass is 79.9. The van der Waals surface area contributed by atoms with Gasteiger partial charge in [-0.1, -0.05) is 22.9 Å². The Morgan fingerprint density at radius 2 is 2.22 bits per heavy atom. The number of hydrogen-bond acceptors (Lipinski definition) is 3. The van der Waals surface area contributed by atoms with Crippen molar-refractivity contribution in [2.45, 2.75) is 26.3 Å². The predicted octanol–water partition coefficient (Wildman–Crippen LogP) is 4.08. The van der Waals surface area contributed by atoms with Crippen molar-refractivity contribution in [1.82, 2.24) is 5.32 Å². The molecule has 0 radical (unpaired) electrons. The van der Waals surface area contributed by atoms with Crippen LogP contribution in [0.2, 0.25) is 0 Å². The largest absolute Gasteiger partial charge is 0.493 e. The van der Waals surface area contributed by atoms with Gasteiger partial charge in [-0.3, -0.25) is 0 Å². The van der Waals surface area contributed by atoms with E-state index in [4.69, 9.17) is 4.74 Å². The van der Waals surface area contributed by atoms with Crippen LogP contribution < -0.4 is 10.1 Å². The molecule has 0 atom stereocenters. The highest BCUT2D eigenvalue weighted by Gasteiger charge is 2.04. The highest BCUT2D eigenvalue weighted by Crippen LogP contribution is 2.23.